The normalized spacial score (nSPS) is 35.7. The van der Waals surface area contributed by atoms with Crippen molar-refractivity contribution in [2.24, 2.45) is 0 Å². The minimum Gasteiger partial charge on any atom is -0.463 e. The maximum absolute atomic E-state index is 11.3. The molecular weight excluding hydrogens is 208 g/mol. The van der Waals surface area contributed by atoms with Gasteiger partial charge in [-0.25, -0.2) is 0 Å². The van der Waals surface area contributed by atoms with E-state index in [-0.39, 0.29) is 24.6 Å². The van der Waals surface area contributed by atoms with Gasteiger partial charge in [0.2, 0.25) is 0 Å². The van der Waals surface area contributed by atoms with Gasteiger partial charge < -0.3 is 14.9 Å². The highest BCUT2D eigenvalue weighted by atomic mass is 16.5. The third kappa shape index (κ3) is 5.28. The Bertz CT molecular complexity index is 249. The largest absolute Gasteiger partial charge is 0.463 e. The third-order valence-corrected chi connectivity index (χ3v) is 2.62. The number of esters is 1. The van der Waals surface area contributed by atoms with Gasteiger partial charge >= 0.3 is 5.97 Å². The fourth-order valence-electron chi connectivity index (χ4n) is 1.72. The number of aliphatic hydroxyl groups excluding tert-OH is 2. The molecule has 92 valence electrons. The lowest BCUT2D eigenvalue weighted by Gasteiger charge is -2.16. The van der Waals surface area contributed by atoms with E-state index in [1.165, 1.54) is 6.08 Å². The van der Waals surface area contributed by atoms with Gasteiger partial charge in [0.05, 0.1) is 24.7 Å². The Balaban J connectivity index is 2.55. The molecule has 0 bridgehead atoms. The highest BCUT2D eigenvalue weighted by molar-refractivity contribution is 5.70. The van der Waals surface area contributed by atoms with E-state index < -0.39 is 6.10 Å². The van der Waals surface area contributed by atoms with Gasteiger partial charge in [-0.2, -0.15) is 0 Å². The minimum atomic E-state index is -0.814. The SMILES string of the molecule is C[C@@H]1CCC[C@H](O)C/C=C\[C@@H](O)CC(=O)O1. The average molecular weight is 228 g/mol. The fourth-order valence-corrected chi connectivity index (χ4v) is 1.72. The van der Waals surface area contributed by atoms with Crippen molar-refractivity contribution in [3.63, 3.8) is 0 Å². The van der Waals surface area contributed by atoms with Gasteiger partial charge in [-0.05, 0) is 32.6 Å². The topological polar surface area (TPSA) is 66.8 Å². The molecule has 1 aliphatic heterocycles. The van der Waals surface area contributed by atoms with Crippen LogP contribution in [0.4, 0.5) is 0 Å². The summed E-state index contributed by atoms with van der Waals surface area (Å²) in [6.07, 6.45) is 4.73. The van der Waals surface area contributed by atoms with Gasteiger partial charge in [0.15, 0.2) is 0 Å². The lowest BCUT2D eigenvalue weighted by Crippen LogP contribution is -2.20. The molecule has 3 atom stereocenters. The van der Waals surface area contributed by atoms with Gasteiger partial charge in [0, 0.05) is 0 Å². The summed E-state index contributed by atoms with van der Waals surface area (Å²) in [5, 5.41) is 19.0. The predicted molar refractivity (Wildman–Crippen MR) is 59.8 cm³/mol. The Morgan fingerprint density at radius 1 is 1.38 bits per heavy atom. The molecule has 4 heteroatoms. The minimum absolute atomic E-state index is 0.0169. The van der Waals surface area contributed by atoms with Crippen molar-refractivity contribution in [1.29, 1.82) is 0 Å². The maximum Gasteiger partial charge on any atom is 0.309 e. The zero-order valence-electron chi connectivity index (χ0n) is 9.63. The Kier molecular flexibility index (Phi) is 5.49. The molecule has 16 heavy (non-hydrogen) atoms. The standard InChI is InChI=1S/C12H20O4/c1-9-4-2-5-10(13)6-3-7-11(14)8-12(15)16-9/h3,7,9-11,13-14H,2,4-6,8H2,1H3/b7-3-/t9-,10+,11-/m1/s1. The molecule has 0 aromatic carbocycles. The molecular formula is C12H20O4. The molecule has 1 heterocycles. The molecule has 0 radical (unpaired) electrons. The lowest BCUT2D eigenvalue weighted by atomic mass is 10.1. The van der Waals surface area contributed by atoms with Gasteiger partial charge in [-0.15, -0.1) is 0 Å². The number of rotatable bonds is 0. The second-order valence-electron chi connectivity index (χ2n) is 4.32. The second-order valence-corrected chi connectivity index (χ2v) is 4.32. The monoisotopic (exact) mass is 228 g/mol. The number of hydrogen-bond acceptors (Lipinski definition) is 4. The molecule has 0 saturated heterocycles. The zero-order chi connectivity index (χ0) is 12.0. The predicted octanol–water partition coefficient (Wildman–Crippen LogP) is 1.16. The molecule has 0 aromatic heterocycles. The van der Waals surface area contributed by atoms with Crippen molar-refractivity contribution >= 4 is 5.97 Å². The van der Waals surface area contributed by atoms with Crippen LogP contribution in [-0.2, 0) is 9.53 Å². The van der Waals surface area contributed by atoms with E-state index in [0.717, 1.165) is 12.8 Å². The van der Waals surface area contributed by atoms with E-state index in [4.69, 9.17) is 4.74 Å². The van der Waals surface area contributed by atoms with Crippen molar-refractivity contribution in [2.45, 2.75) is 57.3 Å². The molecule has 0 unspecified atom stereocenters. The fraction of sp³-hybridized carbons (Fsp3) is 0.750. The van der Waals surface area contributed by atoms with E-state index in [1.54, 1.807) is 6.08 Å². The van der Waals surface area contributed by atoms with E-state index in [9.17, 15) is 15.0 Å². The summed E-state index contributed by atoms with van der Waals surface area (Å²) < 4.78 is 5.11. The Morgan fingerprint density at radius 2 is 2.12 bits per heavy atom. The number of ether oxygens (including phenoxy) is 1. The summed E-state index contributed by atoms with van der Waals surface area (Å²) in [7, 11) is 0. The summed E-state index contributed by atoms with van der Waals surface area (Å²) >= 11 is 0. The molecule has 0 amide bonds. The Morgan fingerprint density at radius 3 is 2.88 bits per heavy atom. The van der Waals surface area contributed by atoms with E-state index in [1.807, 2.05) is 6.92 Å². The Hall–Kier alpha value is -0.870. The van der Waals surface area contributed by atoms with Gasteiger partial charge in [-0.1, -0.05) is 12.2 Å². The summed E-state index contributed by atoms with van der Waals surface area (Å²) in [5.41, 5.74) is 0. The van der Waals surface area contributed by atoms with Crippen molar-refractivity contribution in [3.05, 3.63) is 12.2 Å². The summed E-state index contributed by atoms with van der Waals surface area (Å²) in [4.78, 5) is 11.3. The molecule has 0 saturated carbocycles. The van der Waals surface area contributed by atoms with Crippen LogP contribution >= 0.6 is 0 Å². The van der Waals surface area contributed by atoms with Crippen LogP contribution in [0.25, 0.3) is 0 Å². The van der Waals surface area contributed by atoms with Crippen LogP contribution in [0.3, 0.4) is 0 Å². The van der Waals surface area contributed by atoms with Crippen LogP contribution in [0, 0.1) is 0 Å². The first-order chi connectivity index (χ1) is 7.58. The first-order valence-corrected chi connectivity index (χ1v) is 5.80. The molecule has 1 aliphatic rings. The molecule has 0 fully saturated rings. The number of cyclic esters (lactones) is 1. The van der Waals surface area contributed by atoms with Crippen LogP contribution < -0.4 is 0 Å². The van der Waals surface area contributed by atoms with Gasteiger partial charge in [-0.3, -0.25) is 4.79 Å². The van der Waals surface area contributed by atoms with Crippen LogP contribution in [0.2, 0.25) is 0 Å². The van der Waals surface area contributed by atoms with Crippen molar-refractivity contribution in [2.75, 3.05) is 0 Å². The summed E-state index contributed by atoms with van der Waals surface area (Å²) in [5.74, 6) is -0.370. The lowest BCUT2D eigenvalue weighted by molar-refractivity contribution is -0.150. The van der Waals surface area contributed by atoms with Crippen molar-refractivity contribution < 1.29 is 19.7 Å². The zero-order valence-corrected chi connectivity index (χ0v) is 9.63. The molecule has 0 aromatic rings. The van der Waals surface area contributed by atoms with Crippen LogP contribution in [0.15, 0.2) is 12.2 Å². The average Bonchev–Trinajstić information content (AvgIpc) is 2.15. The molecule has 0 spiro atoms. The first kappa shape index (κ1) is 13.2. The number of carbonyl (C=O) groups excluding carboxylic acids is 1. The van der Waals surface area contributed by atoms with Crippen LogP contribution in [0.5, 0.6) is 0 Å². The maximum atomic E-state index is 11.3. The van der Waals surface area contributed by atoms with E-state index >= 15 is 0 Å². The summed E-state index contributed by atoms with van der Waals surface area (Å²) in [6, 6.07) is 0. The molecule has 2 N–H and O–H groups in total. The van der Waals surface area contributed by atoms with Crippen molar-refractivity contribution in [3.8, 4) is 0 Å². The highest BCUT2D eigenvalue weighted by Crippen LogP contribution is 2.12. The van der Waals surface area contributed by atoms with E-state index in [0.29, 0.717) is 12.8 Å². The van der Waals surface area contributed by atoms with Gasteiger partial charge in [0.1, 0.15) is 0 Å². The smallest absolute Gasteiger partial charge is 0.309 e. The first-order valence-electron chi connectivity index (χ1n) is 5.80. The number of aliphatic hydroxyl groups is 2. The van der Waals surface area contributed by atoms with Crippen LogP contribution in [-0.4, -0.2) is 34.5 Å². The van der Waals surface area contributed by atoms with Gasteiger partial charge in [0.25, 0.3) is 0 Å². The number of carbonyl (C=O) groups is 1. The molecule has 4 nitrogen and oxygen atoms in total. The molecule has 0 aliphatic carbocycles. The van der Waals surface area contributed by atoms with Crippen LogP contribution in [0.1, 0.15) is 39.0 Å². The van der Waals surface area contributed by atoms with E-state index in [2.05, 4.69) is 0 Å². The summed E-state index contributed by atoms with van der Waals surface area (Å²) in [6.45, 7) is 1.83. The highest BCUT2D eigenvalue weighted by Gasteiger charge is 2.14. The Labute approximate surface area is 95.9 Å². The quantitative estimate of drug-likeness (QED) is 0.482. The number of hydrogen-bond donors (Lipinski definition) is 2. The second kappa shape index (κ2) is 6.66. The third-order valence-electron chi connectivity index (χ3n) is 2.62. The molecule has 1 rings (SSSR count). The van der Waals surface area contributed by atoms with Crippen molar-refractivity contribution in [1.82, 2.24) is 0 Å².